The first-order valence-electron chi connectivity index (χ1n) is 11.5. The lowest BCUT2D eigenvalue weighted by Crippen LogP contribution is -2.12. The number of rotatable bonds is 6. The Balaban J connectivity index is 1.75. The molecule has 5 aromatic carbocycles. The standard InChI is InChI=1S/C32H26BrN/c33-27-21-28(30(23-13-5-1-6-14-23)24-15-7-2-8-16-24)32(34)29(22-27)31(25-17-9-3-10-18-25)26-19-11-4-12-20-26/h1-22,30-31H,34H2. The summed E-state index contributed by atoms with van der Waals surface area (Å²) in [7, 11) is 0. The van der Waals surface area contributed by atoms with Crippen LogP contribution in [0.5, 0.6) is 0 Å². The average molecular weight is 504 g/mol. The molecule has 0 atom stereocenters. The first-order chi connectivity index (χ1) is 16.7. The van der Waals surface area contributed by atoms with Gasteiger partial charge in [-0.15, -0.1) is 0 Å². The summed E-state index contributed by atoms with van der Waals surface area (Å²) in [4.78, 5) is 0. The molecule has 0 aliphatic rings. The second-order valence-electron chi connectivity index (χ2n) is 8.51. The summed E-state index contributed by atoms with van der Waals surface area (Å²) in [5.41, 5.74) is 15.0. The fourth-order valence-corrected chi connectivity index (χ4v) is 5.32. The van der Waals surface area contributed by atoms with Gasteiger partial charge in [-0.1, -0.05) is 137 Å². The van der Waals surface area contributed by atoms with E-state index >= 15 is 0 Å². The average Bonchev–Trinajstić information content (AvgIpc) is 2.89. The highest BCUT2D eigenvalue weighted by Crippen LogP contribution is 2.43. The van der Waals surface area contributed by atoms with Crippen LogP contribution in [0, 0.1) is 0 Å². The lowest BCUT2D eigenvalue weighted by atomic mass is 9.79. The molecule has 0 amide bonds. The van der Waals surface area contributed by atoms with E-state index in [1.54, 1.807) is 0 Å². The summed E-state index contributed by atoms with van der Waals surface area (Å²) in [6.07, 6.45) is 0. The topological polar surface area (TPSA) is 26.0 Å². The SMILES string of the molecule is Nc1c(C(c2ccccc2)c2ccccc2)cc(Br)cc1C(c1ccccc1)c1ccccc1. The molecule has 0 aliphatic carbocycles. The Hall–Kier alpha value is -3.62. The third kappa shape index (κ3) is 4.55. The molecule has 5 rings (SSSR count). The number of halogens is 1. The molecule has 0 aromatic heterocycles. The van der Waals surface area contributed by atoms with Gasteiger partial charge in [0, 0.05) is 22.0 Å². The van der Waals surface area contributed by atoms with Crippen molar-refractivity contribution in [2.75, 3.05) is 5.73 Å². The van der Waals surface area contributed by atoms with E-state index in [9.17, 15) is 0 Å². The zero-order valence-corrected chi connectivity index (χ0v) is 20.4. The molecule has 1 nitrogen and oxygen atoms in total. The van der Waals surface area contributed by atoms with Crippen molar-refractivity contribution in [2.24, 2.45) is 0 Å². The molecule has 0 heterocycles. The Morgan fingerprint density at radius 2 is 0.706 bits per heavy atom. The first kappa shape index (κ1) is 22.2. The third-order valence-corrected chi connectivity index (χ3v) is 6.82. The van der Waals surface area contributed by atoms with Crippen molar-refractivity contribution in [1.29, 1.82) is 0 Å². The summed E-state index contributed by atoms with van der Waals surface area (Å²) in [5, 5.41) is 0. The predicted octanol–water partition coefficient (Wildman–Crippen LogP) is 8.39. The number of hydrogen-bond acceptors (Lipinski definition) is 1. The fraction of sp³-hybridized carbons (Fsp3) is 0.0625. The molecular weight excluding hydrogens is 478 g/mol. The van der Waals surface area contributed by atoms with E-state index in [4.69, 9.17) is 5.73 Å². The van der Waals surface area contributed by atoms with Gasteiger partial charge in [-0.3, -0.25) is 0 Å². The van der Waals surface area contributed by atoms with Crippen molar-refractivity contribution >= 4 is 21.6 Å². The maximum atomic E-state index is 7.08. The van der Waals surface area contributed by atoms with Gasteiger partial charge >= 0.3 is 0 Å². The minimum Gasteiger partial charge on any atom is -0.398 e. The van der Waals surface area contributed by atoms with Crippen LogP contribution in [0.4, 0.5) is 5.69 Å². The van der Waals surface area contributed by atoms with E-state index in [1.807, 2.05) is 0 Å². The van der Waals surface area contributed by atoms with Gasteiger partial charge in [0.15, 0.2) is 0 Å². The van der Waals surface area contributed by atoms with Crippen molar-refractivity contribution in [2.45, 2.75) is 11.8 Å². The normalized spacial score (nSPS) is 11.1. The molecule has 2 heteroatoms. The number of hydrogen-bond donors (Lipinski definition) is 1. The Labute approximate surface area is 210 Å². The zero-order valence-electron chi connectivity index (χ0n) is 18.8. The Morgan fingerprint density at radius 3 is 0.971 bits per heavy atom. The molecule has 2 N–H and O–H groups in total. The van der Waals surface area contributed by atoms with Gasteiger partial charge in [-0.25, -0.2) is 0 Å². The number of anilines is 1. The molecule has 0 saturated heterocycles. The molecular formula is C32H26BrN. The van der Waals surface area contributed by atoms with Gasteiger partial charge in [-0.2, -0.15) is 0 Å². The van der Waals surface area contributed by atoms with E-state index in [0.717, 1.165) is 21.3 Å². The van der Waals surface area contributed by atoms with E-state index in [0.29, 0.717) is 0 Å². The predicted molar refractivity (Wildman–Crippen MR) is 146 cm³/mol. The summed E-state index contributed by atoms with van der Waals surface area (Å²) in [5.74, 6) is 0.0664. The van der Waals surface area contributed by atoms with Crippen LogP contribution in [0.15, 0.2) is 138 Å². The summed E-state index contributed by atoms with van der Waals surface area (Å²) in [6, 6.07) is 46.8. The van der Waals surface area contributed by atoms with E-state index in [-0.39, 0.29) is 11.8 Å². The Bertz CT molecular complexity index is 1170. The van der Waals surface area contributed by atoms with Crippen LogP contribution in [0.25, 0.3) is 0 Å². The monoisotopic (exact) mass is 503 g/mol. The highest BCUT2D eigenvalue weighted by atomic mass is 79.9. The van der Waals surface area contributed by atoms with Crippen molar-refractivity contribution in [1.82, 2.24) is 0 Å². The zero-order chi connectivity index (χ0) is 23.3. The van der Waals surface area contributed by atoms with Gasteiger partial charge in [0.2, 0.25) is 0 Å². The van der Waals surface area contributed by atoms with E-state index < -0.39 is 0 Å². The maximum Gasteiger partial charge on any atom is 0.0399 e. The lowest BCUT2D eigenvalue weighted by molar-refractivity contribution is 0.943. The molecule has 0 spiro atoms. The van der Waals surface area contributed by atoms with E-state index in [1.165, 1.54) is 22.3 Å². The van der Waals surface area contributed by atoms with Crippen LogP contribution in [-0.2, 0) is 0 Å². The number of nitrogens with two attached hydrogens (primary N) is 1. The van der Waals surface area contributed by atoms with Crippen LogP contribution in [0.1, 0.15) is 45.2 Å². The van der Waals surface area contributed by atoms with Gasteiger partial charge in [0.25, 0.3) is 0 Å². The molecule has 0 unspecified atom stereocenters. The van der Waals surface area contributed by atoms with Crippen LogP contribution >= 0.6 is 15.9 Å². The smallest absolute Gasteiger partial charge is 0.0399 e. The summed E-state index contributed by atoms with van der Waals surface area (Å²) < 4.78 is 1.03. The Morgan fingerprint density at radius 1 is 0.441 bits per heavy atom. The van der Waals surface area contributed by atoms with Gasteiger partial charge in [0.1, 0.15) is 0 Å². The van der Waals surface area contributed by atoms with Gasteiger partial charge in [0.05, 0.1) is 0 Å². The molecule has 5 aromatic rings. The second-order valence-corrected chi connectivity index (χ2v) is 9.42. The van der Waals surface area contributed by atoms with Crippen molar-refractivity contribution in [3.8, 4) is 0 Å². The molecule has 0 radical (unpaired) electrons. The molecule has 0 bridgehead atoms. The second kappa shape index (κ2) is 10.1. The highest BCUT2D eigenvalue weighted by Gasteiger charge is 2.25. The molecule has 166 valence electrons. The van der Waals surface area contributed by atoms with Crippen molar-refractivity contribution in [3.05, 3.63) is 171 Å². The first-order valence-corrected chi connectivity index (χ1v) is 12.3. The largest absolute Gasteiger partial charge is 0.398 e. The van der Waals surface area contributed by atoms with Crippen LogP contribution in [0.3, 0.4) is 0 Å². The number of nitrogen functional groups attached to an aromatic ring is 1. The van der Waals surface area contributed by atoms with Crippen LogP contribution in [-0.4, -0.2) is 0 Å². The van der Waals surface area contributed by atoms with Crippen molar-refractivity contribution < 1.29 is 0 Å². The van der Waals surface area contributed by atoms with Crippen LogP contribution in [0.2, 0.25) is 0 Å². The molecule has 0 aliphatic heterocycles. The maximum absolute atomic E-state index is 7.08. The summed E-state index contributed by atoms with van der Waals surface area (Å²) in [6.45, 7) is 0. The minimum absolute atomic E-state index is 0.0332. The molecule has 0 fully saturated rings. The number of benzene rings is 5. The molecule has 0 saturated carbocycles. The van der Waals surface area contributed by atoms with Gasteiger partial charge < -0.3 is 5.73 Å². The summed E-state index contributed by atoms with van der Waals surface area (Å²) >= 11 is 3.82. The third-order valence-electron chi connectivity index (χ3n) is 6.36. The lowest BCUT2D eigenvalue weighted by Gasteiger charge is -2.26. The molecule has 34 heavy (non-hydrogen) atoms. The minimum atomic E-state index is 0.0332. The quantitative estimate of drug-likeness (QED) is 0.182. The van der Waals surface area contributed by atoms with Crippen LogP contribution < -0.4 is 5.73 Å². The van der Waals surface area contributed by atoms with E-state index in [2.05, 4.69) is 149 Å². The Kier molecular flexibility index (Phi) is 6.60. The highest BCUT2D eigenvalue weighted by molar-refractivity contribution is 9.10. The van der Waals surface area contributed by atoms with Crippen molar-refractivity contribution in [3.63, 3.8) is 0 Å². The fourth-order valence-electron chi connectivity index (χ4n) is 4.82. The van der Waals surface area contributed by atoms with Gasteiger partial charge in [-0.05, 0) is 45.5 Å².